The summed E-state index contributed by atoms with van der Waals surface area (Å²) >= 11 is 0. The number of Topliss-reactive ketones (excluding diaryl/α,β-unsaturated/α-hetero) is 1. The molecule has 3 aromatic rings. The Kier molecular flexibility index (Phi) is 5.59. The lowest BCUT2D eigenvalue weighted by Crippen LogP contribution is -2.37. The van der Waals surface area contributed by atoms with Crippen molar-refractivity contribution < 1.29 is 19.4 Å². The van der Waals surface area contributed by atoms with E-state index in [4.69, 9.17) is 4.74 Å². The molecule has 1 aliphatic heterocycles. The number of benzene rings is 2. The van der Waals surface area contributed by atoms with Crippen molar-refractivity contribution in [3.63, 3.8) is 0 Å². The lowest BCUT2D eigenvalue weighted by Gasteiger charge is -2.39. The third kappa shape index (κ3) is 4.05. The summed E-state index contributed by atoms with van der Waals surface area (Å²) in [6, 6.07) is 13.7. The normalized spacial score (nSPS) is 18.4. The minimum absolute atomic E-state index is 0.00796. The summed E-state index contributed by atoms with van der Waals surface area (Å²) in [5, 5.41) is 21.8. The third-order valence-corrected chi connectivity index (χ3v) is 6.40. The summed E-state index contributed by atoms with van der Waals surface area (Å²) in [6.45, 7) is 6.33. The molecule has 1 aromatic heterocycles. The molecular weight excluding hydrogens is 444 g/mol. The highest BCUT2D eigenvalue weighted by molar-refractivity contribution is 6.08. The maximum absolute atomic E-state index is 13.4. The summed E-state index contributed by atoms with van der Waals surface area (Å²) in [5.74, 6) is 0.453. The van der Waals surface area contributed by atoms with Gasteiger partial charge in [-0.25, -0.2) is 4.68 Å². The van der Waals surface area contributed by atoms with Crippen LogP contribution in [0.5, 0.6) is 11.5 Å². The van der Waals surface area contributed by atoms with Crippen molar-refractivity contribution >= 4 is 23.2 Å². The number of rotatable bonds is 5. The average Bonchev–Trinajstić information content (AvgIpc) is 3.23. The average molecular weight is 473 g/mol. The topological polar surface area (TPSA) is 105 Å². The van der Waals surface area contributed by atoms with Crippen molar-refractivity contribution in [2.45, 2.75) is 39.7 Å². The summed E-state index contributed by atoms with van der Waals surface area (Å²) in [5.41, 5.74) is 2.58. The number of ketones is 1. The molecule has 0 bridgehead atoms. The highest BCUT2D eigenvalue weighted by Crippen LogP contribution is 2.49. The first-order valence-electron chi connectivity index (χ1n) is 11.7. The van der Waals surface area contributed by atoms with Gasteiger partial charge in [0.2, 0.25) is 0 Å². The monoisotopic (exact) mass is 472 g/mol. The molecule has 1 atom stereocenters. The molecule has 8 nitrogen and oxygen atoms in total. The van der Waals surface area contributed by atoms with E-state index in [1.807, 2.05) is 51.1 Å². The Morgan fingerprint density at radius 2 is 1.97 bits per heavy atom. The lowest BCUT2D eigenvalue weighted by atomic mass is 9.73. The van der Waals surface area contributed by atoms with Gasteiger partial charge in [-0.2, -0.15) is 5.10 Å². The van der Waals surface area contributed by atoms with Gasteiger partial charge < -0.3 is 20.5 Å². The Balaban J connectivity index is 1.64. The number of para-hydroxylation sites is 2. The van der Waals surface area contributed by atoms with Crippen LogP contribution in [0.15, 0.2) is 66.0 Å². The zero-order chi connectivity index (χ0) is 24.7. The van der Waals surface area contributed by atoms with E-state index in [1.54, 1.807) is 22.9 Å². The van der Waals surface area contributed by atoms with Crippen LogP contribution in [-0.4, -0.2) is 33.2 Å². The molecule has 8 heteroatoms. The fourth-order valence-corrected chi connectivity index (χ4v) is 4.92. The molecule has 0 fully saturated rings. The molecule has 180 valence electrons. The number of hydrogen-bond donors (Lipinski definition) is 3. The molecule has 2 aliphatic rings. The van der Waals surface area contributed by atoms with Gasteiger partial charge in [-0.3, -0.25) is 9.59 Å². The standard InChI is InChI=1S/C27H28N4O4/c1-4-35-21-12-8-11-17(24(21)33)23-22-19(13-27(2,3)14-20(22)32)30-25-18(15-28-31(23)25)26(34)29-16-9-6-5-7-10-16/h5-12,15,23,30,33H,4,13-14H2,1-3H3,(H,29,34). The Labute approximate surface area is 203 Å². The molecule has 0 saturated carbocycles. The molecule has 1 amide bonds. The number of phenols is 1. The van der Waals surface area contributed by atoms with Gasteiger partial charge in [-0.05, 0) is 37.0 Å². The number of anilines is 2. The zero-order valence-corrected chi connectivity index (χ0v) is 20.0. The maximum atomic E-state index is 13.4. The van der Waals surface area contributed by atoms with Crippen LogP contribution in [0.3, 0.4) is 0 Å². The van der Waals surface area contributed by atoms with Gasteiger partial charge in [0.05, 0.1) is 12.8 Å². The largest absolute Gasteiger partial charge is 0.504 e. The van der Waals surface area contributed by atoms with Crippen molar-refractivity contribution in [3.8, 4) is 11.5 Å². The highest BCUT2D eigenvalue weighted by Gasteiger charge is 2.43. The predicted octanol–water partition coefficient (Wildman–Crippen LogP) is 4.90. The van der Waals surface area contributed by atoms with Crippen LogP contribution in [0.25, 0.3) is 0 Å². The summed E-state index contributed by atoms with van der Waals surface area (Å²) in [4.78, 5) is 26.6. The molecule has 3 N–H and O–H groups in total. The van der Waals surface area contributed by atoms with Crippen molar-refractivity contribution in [2.24, 2.45) is 5.41 Å². The fraction of sp³-hybridized carbons (Fsp3) is 0.296. The zero-order valence-electron chi connectivity index (χ0n) is 20.0. The summed E-state index contributed by atoms with van der Waals surface area (Å²) < 4.78 is 7.21. The second-order valence-corrected chi connectivity index (χ2v) is 9.66. The highest BCUT2D eigenvalue weighted by atomic mass is 16.5. The molecule has 0 saturated heterocycles. The van der Waals surface area contributed by atoms with Gasteiger partial charge >= 0.3 is 0 Å². The molecule has 35 heavy (non-hydrogen) atoms. The number of carbonyl (C=O) groups is 2. The first-order valence-corrected chi connectivity index (χ1v) is 11.7. The number of phenolic OH excluding ortho intramolecular Hbond substituents is 1. The summed E-state index contributed by atoms with van der Waals surface area (Å²) in [7, 11) is 0. The first-order chi connectivity index (χ1) is 16.8. The SMILES string of the molecule is CCOc1cccc(C2C3=C(CC(C)(C)CC3=O)Nc3c(C(=O)Nc4ccccc4)cnn32)c1O. The molecule has 1 aliphatic carbocycles. The molecule has 2 aromatic carbocycles. The van der Waals surface area contributed by atoms with Crippen molar-refractivity contribution in [2.75, 3.05) is 17.2 Å². The summed E-state index contributed by atoms with van der Waals surface area (Å²) in [6.07, 6.45) is 2.50. The van der Waals surface area contributed by atoms with E-state index < -0.39 is 6.04 Å². The van der Waals surface area contributed by atoms with E-state index in [2.05, 4.69) is 15.7 Å². The van der Waals surface area contributed by atoms with Gasteiger partial charge in [0.25, 0.3) is 5.91 Å². The van der Waals surface area contributed by atoms with Gasteiger partial charge in [0, 0.05) is 28.9 Å². The van der Waals surface area contributed by atoms with E-state index in [0.717, 1.165) is 5.70 Å². The van der Waals surface area contributed by atoms with Crippen molar-refractivity contribution in [3.05, 3.63) is 77.1 Å². The Bertz CT molecular complexity index is 1340. The lowest BCUT2D eigenvalue weighted by molar-refractivity contribution is -0.118. The number of ether oxygens (including phenoxy) is 1. The molecular formula is C27H28N4O4. The molecule has 5 rings (SSSR count). The van der Waals surface area contributed by atoms with Crippen LogP contribution in [0.1, 0.15) is 55.6 Å². The first kappa shape index (κ1) is 22.7. The third-order valence-electron chi connectivity index (χ3n) is 6.40. The Morgan fingerprint density at radius 3 is 2.71 bits per heavy atom. The maximum Gasteiger partial charge on any atom is 0.261 e. The van der Waals surface area contributed by atoms with Gasteiger partial charge in [0.15, 0.2) is 17.3 Å². The second kappa shape index (κ2) is 8.61. The van der Waals surface area contributed by atoms with Gasteiger partial charge in [-0.1, -0.05) is 44.2 Å². The van der Waals surface area contributed by atoms with Crippen LogP contribution < -0.4 is 15.4 Å². The Hall–Kier alpha value is -4.07. The predicted molar refractivity (Wildman–Crippen MR) is 133 cm³/mol. The van der Waals surface area contributed by atoms with Crippen LogP contribution in [0, 0.1) is 5.41 Å². The molecule has 0 spiro atoms. The molecule has 1 unspecified atom stereocenters. The quantitative estimate of drug-likeness (QED) is 0.488. The number of allylic oxidation sites excluding steroid dienone is 2. The molecule has 0 radical (unpaired) electrons. The number of hydrogen-bond acceptors (Lipinski definition) is 6. The van der Waals surface area contributed by atoms with E-state index in [1.165, 1.54) is 6.20 Å². The van der Waals surface area contributed by atoms with Crippen LogP contribution >= 0.6 is 0 Å². The minimum atomic E-state index is -0.691. The number of aromatic nitrogens is 2. The smallest absolute Gasteiger partial charge is 0.261 e. The Morgan fingerprint density at radius 1 is 1.20 bits per heavy atom. The number of aromatic hydroxyl groups is 1. The number of fused-ring (bicyclic) bond motifs is 1. The van der Waals surface area contributed by atoms with Crippen molar-refractivity contribution in [1.29, 1.82) is 0 Å². The van der Waals surface area contributed by atoms with Crippen molar-refractivity contribution in [1.82, 2.24) is 9.78 Å². The second-order valence-electron chi connectivity index (χ2n) is 9.66. The van der Waals surface area contributed by atoms with E-state index in [0.29, 0.717) is 53.4 Å². The van der Waals surface area contributed by atoms with E-state index in [9.17, 15) is 14.7 Å². The number of carbonyl (C=O) groups excluding carboxylic acids is 2. The van der Waals surface area contributed by atoms with Gasteiger partial charge in [-0.15, -0.1) is 0 Å². The fourth-order valence-electron chi connectivity index (χ4n) is 4.92. The minimum Gasteiger partial charge on any atom is -0.504 e. The number of nitrogens with zero attached hydrogens (tertiary/aromatic N) is 2. The van der Waals surface area contributed by atoms with Crippen LogP contribution in [0.2, 0.25) is 0 Å². The number of amides is 1. The van der Waals surface area contributed by atoms with E-state index >= 15 is 0 Å². The van der Waals surface area contributed by atoms with Crippen LogP contribution in [-0.2, 0) is 4.79 Å². The van der Waals surface area contributed by atoms with Crippen LogP contribution in [0.4, 0.5) is 11.5 Å². The van der Waals surface area contributed by atoms with E-state index in [-0.39, 0.29) is 22.9 Å². The number of nitrogens with one attached hydrogen (secondary N) is 2. The molecule has 2 heterocycles. The van der Waals surface area contributed by atoms with Gasteiger partial charge in [0.1, 0.15) is 17.4 Å².